The van der Waals surface area contributed by atoms with Crippen molar-refractivity contribution in [1.29, 1.82) is 0 Å². The van der Waals surface area contributed by atoms with E-state index in [0.717, 1.165) is 37.3 Å². The van der Waals surface area contributed by atoms with E-state index < -0.39 is 5.97 Å². The summed E-state index contributed by atoms with van der Waals surface area (Å²) in [5, 5.41) is 9.13. The van der Waals surface area contributed by atoms with Gasteiger partial charge in [0.2, 0.25) is 0 Å². The number of likely N-dealkylation sites (N-methyl/N-ethyl adjacent to an activating group) is 1. The van der Waals surface area contributed by atoms with Gasteiger partial charge in [-0.2, -0.15) is 0 Å². The van der Waals surface area contributed by atoms with E-state index in [4.69, 9.17) is 10.1 Å². The average molecular weight is 277 g/mol. The Balaban J connectivity index is 1.69. The van der Waals surface area contributed by atoms with Gasteiger partial charge in [0, 0.05) is 31.6 Å². The second-order valence-corrected chi connectivity index (χ2v) is 6.00. The highest BCUT2D eigenvalue weighted by atomic mass is 16.4. The molecule has 0 amide bonds. The summed E-state index contributed by atoms with van der Waals surface area (Å²) in [6.07, 6.45) is 7.14. The molecular weight excluding hydrogens is 254 g/mol. The molecule has 1 aromatic rings. The summed E-state index contributed by atoms with van der Waals surface area (Å²) in [7, 11) is 0. The van der Waals surface area contributed by atoms with Crippen LogP contribution in [0, 0.1) is 5.92 Å². The van der Waals surface area contributed by atoms with E-state index >= 15 is 0 Å². The van der Waals surface area contributed by atoms with E-state index in [1.165, 1.54) is 19.4 Å². The Morgan fingerprint density at radius 2 is 2.35 bits per heavy atom. The van der Waals surface area contributed by atoms with Crippen LogP contribution in [-0.2, 0) is 24.2 Å². The molecule has 0 aromatic carbocycles. The van der Waals surface area contributed by atoms with E-state index in [2.05, 4.69) is 22.6 Å². The fourth-order valence-corrected chi connectivity index (χ4v) is 3.59. The third-order valence-corrected chi connectivity index (χ3v) is 4.74. The van der Waals surface area contributed by atoms with Gasteiger partial charge >= 0.3 is 5.97 Å². The molecule has 3 heterocycles. The molecule has 2 atom stereocenters. The molecule has 0 bridgehead atoms. The van der Waals surface area contributed by atoms with Gasteiger partial charge < -0.3 is 14.6 Å². The molecule has 3 rings (SSSR count). The lowest BCUT2D eigenvalue weighted by atomic mass is 10.00. The van der Waals surface area contributed by atoms with Gasteiger partial charge in [0.15, 0.2) is 0 Å². The Labute approximate surface area is 119 Å². The number of carboxylic acid groups (broad SMARTS) is 1. The van der Waals surface area contributed by atoms with Gasteiger partial charge in [0.05, 0.1) is 11.6 Å². The second-order valence-electron chi connectivity index (χ2n) is 6.00. The number of aromatic nitrogens is 2. The minimum absolute atomic E-state index is 0.247. The largest absolute Gasteiger partial charge is 0.481 e. The van der Waals surface area contributed by atoms with Crippen LogP contribution in [-0.4, -0.2) is 44.7 Å². The van der Waals surface area contributed by atoms with Crippen molar-refractivity contribution in [3.05, 3.63) is 17.7 Å². The third kappa shape index (κ3) is 2.59. The lowest BCUT2D eigenvalue weighted by Crippen LogP contribution is -2.30. The van der Waals surface area contributed by atoms with Crippen LogP contribution in [0.4, 0.5) is 0 Å². The smallest absolute Gasteiger partial charge is 0.308 e. The van der Waals surface area contributed by atoms with Crippen LogP contribution in [0.3, 0.4) is 0 Å². The number of carbonyl (C=O) groups is 1. The van der Waals surface area contributed by atoms with Crippen LogP contribution < -0.4 is 0 Å². The Kier molecular flexibility index (Phi) is 3.78. The van der Waals surface area contributed by atoms with Gasteiger partial charge in [-0.25, -0.2) is 4.98 Å². The highest BCUT2D eigenvalue weighted by Crippen LogP contribution is 2.24. The molecule has 0 saturated carbocycles. The molecule has 0 aliphatic carbocycles. The van der Waals surface area contributed by atoms with Crippen molar-refractivity contribution in [1.82, 2.24) is 14.5 Å². The van der Waals surface area contributed by atoms with Gasteiger partial charge in [0.25, 0.3) is 0 Å². The molecule has 0 radical (unpaired) electrons. The van der Waals surface area contributed by atoms with Gasteiger partial charge in [-0.1, -0.05) is 6.92 Å². The molecule has 2 aliphatic rings. The monoisotopic (exact) mass is 277 g/mol. The van der Waals surface area contributed by atoms with Crippen molar-refractivity contribution in [2.75, 3.05) is 13.1 Å². The first-order chi connectivity index (χ1) is 9.67. The van der Waals surface area contributed by atoms with Gasteiger partial charge in [-0.3, -0.25) is 4.79 Å². The van der Waals surface area contributed by atoms with Crippen LogP contribution in [0.5, 0.6) is 0 Å². The summed E-state index contributed by atoms with van der Waals surface area (Å²) in [6, 6.07) is 0.618. The maximum Gasteiger partial charge on any atom is 0.308 e. The number of likely N-dealkylation sites (tertiary alicyclic amines) is 1. The maximum atomic E-state index is 11.1. The Hall–Kier alpha value is -1.36. The predicted molar refractivity (Wildman–Crippen MR) is 75.6 cm³/mol. The maximum absolute atomic E-state index is 11.1. The summed E-state index contributed by atoms with van der Waals surface area (Å²) >= 11 is 0. The predicted octanol–water partition coefficient (Wildman–Crippen LogP) is 1.56. The fourth-order valence-electron chi connectivity index (χ4n) is 3.59. The van der Waals surface area contributed by atoms with Crippen molar-refractivity contribution in [3.63, 3.8) is 0 Å². The number of nitrogens with zero attached hydrogens (tertiary/aromatic N) is 3. The molecule has 20 heavy (non-hydrogen) atoms. The molecule has 5 heteroatoms. The molecule has 1 saturated heterocycles. The number of rotatable bonds is 4. The lowest BCUT2D eigenvalue weighted by molar-refractivity contribution is -0.142. The number of aryl methyl sites for hydroxylation is 1. The van der Waals surface area contributed by atoms with Gasteiger partial charge in [0.1, 0.15) is 5.82 Å². The summed E-state index contributed by atoms with van der Waals surface area (Å²) in [4.78, 5) is 18.3. The first-order valence-corrected chi connectivity index (χ1v) is 7.69. The Morgan fingerprint density at radius 1 is 1.50 bits per heavy atom. The van der Waals surface area contributed by atoms with Crippen LogP contribution in [0.1, 0.15) is 37.7 Å². The van der Waals surface area contributed by atoms with Crippen molar-refractivity contribution in [3.8, 4) is 0 Å². The number of aliphatic carboxylic acids is 1. The summed E-state index contributed by atoms with van der Waals surface area (Å²) in [5.74, 6) is 0.139. The van der Waals surface area contributed by atoms with Crippen molar-refractivity contribution >= 4 is 5.97 Å². The highest BCUT2D eigenvalue weighted by Gasteiger charge is 2.27. The highest BCUT2D eigenvalue weighted by molar-refractivity contribution is 5.70. The lowest BCUT2D eigenvalue weighted by Gasteiger charge is -2.21. The molecule has 110 valence electrons. The zero-order chi connectivity index (χ0) is 14.1. The quantitative estimate of drug-likeness (QED) is 0.907. The van der Waals surface area contributed by atoms with Crippen molar-refractivity contribution in [2.24, 2.45) is 5.92 Å². The molecule has 1 N–H and O–H groups in total. The second kappa shape index (κ2) is 5.56. The Morgan fingerprint density at radius 3 is 3.10 bits per heavy atom. The molecule has 1 fully saturated rings. The first-order valence-electron chi connectivity index (χ1n) is 7.69. The zero-order valence-electron chi connectivity index (χ0n) is 12.1. The normalized spacial score (nSPS) is 26.6. The molecule has 2 unspecified atom stereocenters. The van der Waals surface area contributed by atoms with Gasteiger partial charge in [-0.15, -0.1) is 0 Å². The van der Waals surface area contributed by atoms with Gasteiger partial charge in [-0.05, 0) is 32.4 Å². The molecule has 0 spiro atoms. The number of imidazole rings is 1. The van der Waals surface area contributed by atoms with Crippen molar-refractivity contribution < 1.29 is 9.90 Å². The van der Waals surface area contributed by atoms with Crippen LogP contribution >= 0.6 is 0 Å². The molecule has 5 nitrogen and oxygen atoms in total. The molecular formula is C15H23N3O2. The molecule has 1 aromatic heterocycles. The standard InChI is InChI=1S/C15H23N3O2/c1-2-17-7-3-4-13(17)8-12-10-18-9-11(15(19)20)5-6-14(18)16-12/h10-11,13H,2-9H2,1H3,(H,19,20). The van der Waals surface area contributed by atoms with E-state index in [9.17, 15) is 4.79 Å². The number of hydrogen-bond donors (Lipinski definition) is 1. The Bertz CT molecular complexity index is 497. The zero-order valence-corrected chi connectivity index (χ0v) is 12.1. The number of carboxylic acids is 1. The van der Waals surface area contributed by atoms with Crippen LogP contribution in [0.25, 0.3) is 0 Å². The minimum atomic E-state index is -0.682. The summed E-state index contributed by atoms with van der Waals surface area (Å²) in [5.41, 5.74) is 1.14. The first kappa shape index (κ1) is 13.6. The van der Waals surface area contributed by atoms with E-state index in [0.29, 0.717) is 12.6 Å². The van der Waals surface area contributed by atoms with Crippen LogP contribution in [0.2, 0.25) is 0 Å². The fraction of sp³-hybridized carbons (Fsp3) is 0.733. The number of fused-ring (bicyclic) bond motifs is 1. The van der Waals surface area contributed by atoms with E-state index in [-0.39, 0.29) is 5.92 Å². The topological polar surface area (TPSA) is 58.4 Å². The van der Waals surface area contributed by atoms with Crippen molar-refractivity contribution in [2.45, 2.75) is 51.6 Å². The SMILES string of the molecule is CCN1CCCC1Cc1cn2c(n1)CCC(C(=O)O)C2. The average Bonchev–Trinajstić information content (AvgIpc) is 3.03. The molecule has 2 aliphatic heterocycles. The summed E-state index contributed by atoms with van der Waals surface area (Å²) < 4.78 is 2.06. The van der Waals surface area contributed by atoms with E-state index in [1.807, 2.05) is 0 Å². The van der Waals surface area contributed by atoms with E-state index in [1.54, 1.807) is 0 Å². The van der Waals surface area contributed by atoms with Crippen LogP contribution in [0.15, 0.2) is 6.20 Å². The summed E-state index contributed by atoms with van der Waals surface area (Å²) in [6.45, 7) is 5.11. The number of hydrogen-bond acceptors (Lipinski definition) is 3. The minimum Gasteiger partial charge on any atom is -0.481 e. The third-order valence-electron chi connectivity index (χ3n) is 4.74.